The molecule has 1 atom stereocenters. The standard InChI is InChI=1S/C28H40IN3O4/c1-17(2)16-35-21-10-9-20(31-25(21)29)19-15-30-18(3)22(24(26(33)34)36-27(4,5)6)23(19)32-13-11-28(7,8)12-14-32/h9-10,15,17,24H,11-14,16H2,1-8H3,(H,33,34). The molecule has 0 amide bonds. The molecule has 198 valence electrons. The van der Waals surface area contributed by atoms with Crippen LogP contribution in [0.4, 0.5) is 5.69 Å². The molecule has 1 aliphatic rings. The smallest absolute Gasteiger partial charge is 0.337 e. The molecule has 36 heavy (non-hydrogen) atoms. The third-order valence-corrected chi connectivity index (χ3v) is 7.11. The maximum atomic E-state index is 12.5. The Kier molecular flexibility index (Phi) is 8.91. The Bertz CT molecular complexity index is 1080. The summed E-state index contributed by atoms with van der Waals surface area (Å²) in [7, 11) is 0. The average molecular weight is 610 g/mol. The zero-order chi connectivity index (χ0) is 26.8. The minimum absolute atomic E-state index is 0.246. The Morgan fingerprint density at radius 2 is 1.86 bits per heavy atom. The molecular weight excluding hydrogens is 569 g/mol. The molecule has 1 unspecified atom stereocenters. The van der Waals surface area contributed by atoms with Gasteiger partial charge in [-0.2, -0.15) is 0 Å². The van der Waals surface area contributed by atoms with Gasteiger partial charge in [-0.05, 0) is 86.6 Å². The Morgan fingerprint density at radius 3 is 2.39 bits per heavy atom. The van der Waals surface area contributed by atoms with E-state index >= 15 is 0 Å². The predicted octanol–water partition coefficient (Wildman–Crippen LogP) is 6.66. The zero-order valence-corrected chi connectivity index (χ0v) is 25.0. The van der Waals surface area contributed by atoms with Crippen LogP contribution in [0.15, 0.2) is 18.3 Å². The number of anilines is 1. The summed E-state index contributed by atoms with van der Waals surface area (Å²) >= 11 is 2.20. The van der Waals surface area contributed by atoms with Crippen molar-refractivity contribution in [1.82, 2.24) is 9.97 Å². The number of pyridine rings is 2. The molecule has 3 heterocycles. The summed E-state index contributed by atoms with van der Waals surface area (Å²) in [4.78, 5) is 24.3. The third-order valence-electron chi connectivity index (χ3n) is 6.34. The number of aromatic nitrogens is 2. The van der Waals surface area contributed by atoms with E-state index < -0.39 is 17.7 Å². The molecule has 2 aromatic heterocycles. The van der Waals surface area contributed by atoms with E-state index in [2.05, 4.69) is 60.2 Å². The van der Waals surface area contributed by atoms with Gasteiger partial charge in [-0.3, -0.25) is 4.98 Å². The van der Waals surface area contributed by atoms with Gasteiger partial charge in [-0.1, -0.05) is 27.7 Å². The molecule has 0 aromatic carbocycles. The number of ether oxygens (including phenoxy) is 2. The van der Waals surface area contributed by atoms with Crippen LogP contribution in [-0.4, -0.2) is 46.3 Å². The summed E-state index contributed by atoms with van der Waals surface area (Å²) in [6.07, 6.45) is 2.70. The van der Waals surface area contributed by atoms with Crippen molar-refractivity contribution in [2.24, 2.45) is 11.3 Å². The van der Waals surface area contributed by atoms with Crippen LogP contribution in [0.1, 0.15) is 78.7 Å². The van der Waals surface area contributed by atoms with Crippen LogP contribution in [0.3, 0.4) is 0 Å². The van der Waals surface area contributed by atoms with Crippen LogP contribution in [-0.2, 0) is 9.53 Å². The number of aryl methyl sites for hydroxylation is 1. The lowest BCUT2D eigenvalue weighted by Crippen LogP contribution is -2.39. The van der Waals surface area contributed by atoms with Gasteiger partial charge >= 0.3 is 5.97 Å². The first-order chi connectivity index (χ1) is 16.7. The van der Waals surface area contributed by atoms with E-state index in [0.717, 1.165) is 52.3 Å². The van der Waals surface area contributed by atoms with Crippen LogP contribution in [0, 0.1) is 22.0 Å². The van der Waals surface area contributed by atoms with Crippen LogP contribution < -0.4 is 9.64 Å². The van der Waals surface area contributed by atoms with Gasteiger partial charge in [0.25, 0.3) is 0 Å². The number of piperidine rings is 1. The molecule has 2 aromatic rings. The van der Waals surface area contributed by atoms with E-state index in [9.17, 15) is 9.90 Å². The summed E-state index contributed by atoms with van der Waals surface area (Å²) in [6, 6.07) is 3.88. The molecule has 1 fully saturated rings. The lowest BCUT2D eigenvalue weighted by atomic mass is 9.82. The van der Waals surface area contributed by atoms with Crippen molar-refractivity contribution in [3.8, 4) is 17.0 Å². The number of hydrogen-bond acceptors (Lipinski definition) is 6. The van der Waals surface area contributed by atoms with E-state index in [0.29, 0.717) is 23.8 Å². The summed E-state index contributed by atoms with van der Waals surface area (Å²) in [5.74, 6) is 0.134. The first kappa shape index (κ1) is 28.6. The highest BCUT2D eigenvalue weighted by molar-refractivity contribution is 14.1. The van der Waals surface area contributed by atoms with Crippen LogP contribution in [0.2, 0.25) is 0 Å². The molecular formula is C28H40IN3O4. The molecule has 1 saturated heterocycles. The molecule has 0 radical (unpaired) electrons. The number of carboxylic acid groups (broad SMARTS) is 1. The quantitative estimate of drug-likeness (QED) is 0.265. The summed E-state index contributed by atoms with van der Waals surface area (Å²) < 4.78 is 12.8. The van der Waals surface area contributed by atoms with Gasteiger partial charge in [0.1, 0.15) is 3.70 Å². The second kappa shape index (κ2) is 11.2. The molecule has 0 saturated carbocycles. The van der Waals surface area contributed by atoms with E-state index in [1.807, 2.05) is 46.0 Å². The van der Waals surface area contributed by atoms with Gasteiger partial charge in [0.15, 0.2) is 11.9 Å². The van der Waals surface area contributed by atoms with Crippen LogP contribution >= 0.6 is 22.6 Å². The lowest BCUT2D eigenvalue weighted by Gasteiger charge is -2.40. The van der Waals surface area contributed by atoms with Crippen LogP contribution in [0.5, 0.6) is 5.75 Å². The van der Waals surface area contributed by atoms with Crippen molar-refractivity contribution >= 4 is 34.2 Å². The fourth-order valence-electron chi connectivity index (χ4n) is 4.31. The summed E-state index contributed by atoms with van der Waals surface area (Å²) in [6.45, 7) is 18.5. The molecule has 0 bridgehead atoms. The molecule has 1 N–H and O–H groups in total. The molecule has 7 nitrogen and oxygen atoms in total. The van der Waals surface area contributed by atoms with Gasteiger partial charge in [0, 0.05) is 36.1 Å². The maximum absolute atomic E-state index is 12.5. The highest BCUT2D eigenvalue weighted by Crippen LogP contribution is 2.43. The number of nitrogens with zero attached hydrogens (tertiary/aromatic N) is 3. The second-order valence-electron chi connectivity index (χ2n) is 11.8. The lowest BCUT2D eigenvalue weighted by molar-refractivity contribution is -0.160. The van der Waals surface area contributed by atoms with Crippen molar-refractivity contribution < 1.29 is 19.4 Å². The Balaban J connectivity index is 2.18. The van der Waals surface area contributed by atoms with Gasteiger partial charge in [-0.15, -0.1) is 0 Å². The Morgan fingerprint density at radius 1 is 1.22 bits per heavy atom. The first-order valence-corrected chi connectivity index (χ1v) is 13.7. The number of aliphatic carboxylic acids is 1. The van der Waals surface area contributed by atoms with Gasteiger partial charge in [0.2, 0.25) is 0 Å². The monoisotopic (exact) mass is 609 g/mol. The minimum Gasteiger partial charge on any atom is -0.491 e. The van der Waals surface area contributed by atoms with Crippen molar-refractivity contribution in [1.29, 1.82) is 0 Å². The molecule has 3 rings (SSSR count). The SMILES string of the molecule is Cc1ncc(-c2ccc(OCC(C)C)c(I)n2)c(N2CCC(C)(C)CC2)c1C(OC(C)(C)C)C(=O)O. The van der Waals surface area contributed by atoms with Gasteiger partial charge in [0.05, 0.1) is 23.6 Å². The molecule has 1 aliphatic heterocycles. The highest BCUT2D eigenvalue weighted by atomic mass is 127. The largest absolute Gasteiger partial charge is 0.491 e. The van der Waals surface area contributed by atoms with E-state index in [1.165, 1.54) is 0 Å². The van der Waals surface area contributed by atoms with Crippen molar-refractivity contribution in [2.45, 2.75) is 79.9 Å². The number of halogens is 1. The van der Waals surface area contributed by atoms with E-state index in [-0.39, 0.29) is 5.41 Å². The fourth-order valence-corrected chi connectivity index (χ4v) is 4.90. The van der Waals surface area contributed by atoms with Gasteiger partial charge in [-0.25, -0.2) is 9.78 Å². The normalized spacial score (nSPS) is 16.8. The molecule has 0 spiro atoms. The third kappa shape index (κ3) is 7.09. The second-order valence-corrected chi connectivity index (χ2v) is 12.8. The van der Waals surface area contributed by atoms with E-state index in [1.54, 1.807) is 0 Å². The molecule has 0 aliphatic carbocycles. The number of hydrogen-bond donors (Lipinski definition) is 1. The first-order valence-electron chi connectivity index (χ1n) is 12.6. The molecule has 8 heteroatoms. The van der Waals surface area contributed by atoms with Crippen molar-refractivity contribution in [3.63, 3.8) is 0 Å². The van der Waals surface area contributed by atoms with Crippen LogP contribution in [0.25, 0.3) is 11.3 Å². The average Bonchev–Trinajstić information content (AvgIpc) is 2.76. The number of carboxylic acids is 1. The van der Waals surface area contributed by atoms with Crippen molar-refractivity contribution in [2.75, 3.05) is 24.6 Å². The topological polar surface area (TPSA) is 84.8 Å². The summed E-state index contributed by atoms with van der Waals surface area (Å²) in [5, 5.41) is 10.3. The van der Waals surface area contributed by atoms with Crippen molar-refractivity contribution in [3.05, 3.63) is 33.3 Å². The number of carbonyl (C=O) groups is 1. The maximum Gasteiger partial charge on any atom is 0.337 e. The predicted molar refractivity (Wildman–Crippen MR) is 152 cm³/mol. The number of rotatable bonds is 8. The van der Waals surface area contributed by atoms with Gasteiger partial charge < -0.3 is 19.5 Å². The van der Waals surface area contributed by atoms with E-state index in [4.69, 9.17) is 14.5 Å². The Hall–Kier alpha value is -1.94. The fraction of sp³-hybridized carbons (Fsp3) is 0.607. The highest BCUT2D eigenvalue weighted by Gasteiger charge is 2.36. The zero-order valence-electron chi connectivity index (χ0n) is 22.8. The minimum atomic E-state index is -1.14. The Labute approximate surface area is 229 Å². The summed E-state index contributed by atoms with van der Waals surface area (Å²) in [5.41, 5.74) is 3.27.